The second-order valence-corrected chi connectivity index (χ2v) is 8.93. The Morgan fingerprint density at radius 2 is 1.24 bits per heavy atom. The third-order valence-electron chi connectivity index (χ3n) is 4.91. The van der Waals surface area contributed by atoms with Crippen LogP contribution in [0.1, 0.15) is 46.1 Å². The van der Waals surface area contributed by atoms with Gasteiger partial charge in [-0.05, 0) is 42.4 Å². The number of carbonyl (C=O) groups excluding carboxylic acids is 3. The fourth-order valence-corrected chi connectivity index (χ4v) is 3.34. The van der Waals surface area contributed by atoms with Crippen molar-refractivity contribution in [2.45, 2.75) is 59.2 Å². The molecule has 0 spiro atoms. The molecule has 2 aromatic rings. The van der Waals surface area contributed by atoms with Gasteiger partial charge in [0, 0.05) is 5.69 Å². The molecular weight excluding hydrogens is 418 g/mol. The van der Waals surface area contributed by atoms with Gasteiger partial charge in [0.2, 0.25) is 11.8 Å². The lowest BCUT2D eigenvalue weighted by atomic mass is 10.00. The van der Waals surface area contributed by atoms with E-state index in [4.69, 9.17) is 4.74 Å². The number of rotatable bonds is 11. The lowest BCUT2D eigenvalue weighted by Crippen LogP contribution is -2.53. The van der Waals surface area contributed by atoms with Crippen LogP contribution >= 0.6 is 0 Å². The van der Waals surface area contributed by atoms with Crippen molar-refractivity contribution in [3.05, 3.63) is 66.2 Å². The van der Waals surface area contributed by atoms with Crippen LogP contribution in [0.3, 0.4) is 0 Å². The number of amides is 3. The molecule has 2 aromatic carbocycles. The van der Waals surface area contributed by atoms with Crippen molar-refractivity contribution in [2.75, 3.05) is 5.32 Å². The summed E-state index contributed by atoms with van der Waals surface area (Å²) in [5.74, 6) is -0.367. The molecule has 0 saturated heterocycles. The number of ether oxygens (including phenoxy) is 1. The van der Waals surface area contributed by atoms with Crippen molar-refractivity contribution in [1.82, 2.24) is 10.6 Å². The highest BCUT2D eigenvalue weighted by Crippen LogP contribution is 2.12. The predicted octanol–water partition coefficient (Wildman–Crippen LogP) is 4.50. The van der Waals surface area contributed by atoms with Gasteiger partial charge in [0.25, 0.3) is 0 Å². The second-order valence-electron chi connectivity index (χ2n) is 8.93. The zero-order valence-electron chi connectivity index (χ0n) is 19.8. The summed E-state index contributed by atoms with van der Waals surface area (Å²) in [4.78, 5) is 38.3. The molecule has 2 rings (SSSR count). The summed E-state index contributed by atoms with van der Waals surface area (Å²) in [6.07, 6.45) is 0.215. The lowest BCUT2D eigenvalue weighted by Gasteiger charge is -2.25. The van der Waals surface area contributed by atoms with Crippen LogP contribution in [0.15, 0.2) is 60.7 Å². The maximum absolute atomic E-state index is 13.1. The topological polar surface area (TPSA) is 96.5 Å². The first-order chi connectivity index (χ1) is 15.7. The average molecular weight is 454 g/mol. The molecule has 33 heavy (non-hydrogen) atoms. The minimum atomic E-state index is -0.813. The Balaban J connectivity index is 2.02. The molecule has 0 heterocycles. The molecule has 0 aliphatic rings. The Morgan fingerprint density at radius 3 is 1.79 bits per heavy atom. The fraction of sp³-hybridized carbons (Fsp3) is 0.423. The quantitative estimate of drug-likeness (QED) is 0.467. The highest BCUT2D eigenvalue weighted by Gasteiger charge is 2.28. The van der Waals surface area contributed by atoms with E-state index in [-0.39, 0.29) is 24.3 Å². The van der Waals surface area contributed by atoms with Crippen LogP contribution in [0.4, 0.5) is 10.5 Å². The van der Waals surface area contributed by atoms with Gasteiger partial charge in [-0.15, -0.1) is 0 Å². The molecule has 0 saturated carbocycles. The molecule has 0 radical (unpaired) electrons. The van der Waals surface area contributed by atoms with Crippen LogP contribution in [0, 0.1) is 11.8 Å². The molecule has 0 bridgehead atoms. The van der Waals surface area contributed by atoms with E-state index in [1.165, 1.54) is 0 Å². The first-order valence-electron chi connectivity index (χ1n) is 11.4. The SMILES string of the molecule is CC(C)C[C@H](NC(=O)OCc1ccccc1)C(=O)N[C@@H](CC(C)C)C(=O)Nc1ccccc1. The number of nitrogens with one attached hydrogen (secondary N) is 3. The molecule has 0 aliphatic heterocycles. The smallest absolute Gasteiger partial charge is 0.408 e. The van der Waals surface area contributed by atoms with Gasteiger partial charge in [0.15, 0.2) is 0 Å². The zero-order valence-corrected chi connectivity index (χ0v) is 19.8. The summed E-state index contributed by atoms with van der Waals surface area (Å²) >= 11 is 0. The maximum Gasteiger partial charge on any atom is 0.408 e. The summed E-state index contributed by atoms with van der Waals surface area (Å²) in [5, 5.41) is 8.34. The fourth-order valence-electron chi connectivity index (χ4n) is 3.34. The van der Waals surface area contributed by atoms with Crippen molar-refractivity contribution in [2.24, 2.45) is 11.8 Å². The predicted molar refractivity (Wildman–Crippen MR) is 129 cm³/mol. The van der Waals surface area contributed by atoms with Crippen molar-refractivity contribution >= 4 is 23.6 Å². The van der Waals surface area contributed by atoms with Crippen molar-refractivity contribution < 1.29 is 19.1 Å². The second kappa shape index (κ2) is 13.3. The van der Waals surface area contributed by atoms with Gasteiger partial charge in [-0.25, -0.2) is 4.79 Å². The first-order valence-corrected chi connectivity index (χ1v) is 11.4. The van der Waals surface area contributed by atoms with Gasteiger partial charge in [-0.2, -0.15) is 0 Å². The molecule has 2 atom stereocenters. The van der Waals surface area contributed by atoms with Crippen LogP contribution in [-0.2, 0) is 20.9 Å². The molecule has 0 fully saturated rings. The number of hydrogen-bond acceptors (Lipinski definition) is 4. The monoisotopic (exact) mass is 453 g/mol. The highest BCUT2D eigenvalue weighted by molar-refractivity contribution is 5.98. The number of benzene rings is 2. The number of carbonyl (C=O) groups is 3. The van der Waals surface area contributed by atoms with E-state index >= 15 is 0 Å². The third kappa shape index (κ3) is 9.76. The standard InChI is InChI=1S/C26H35N3O4/c1-18(2)15-22(24(30)27-21-13-9-6-10-14-21)28-25(31)23(16-19(3)4)29-26(32)33-17-20-11-7-5-8-12-20/h5-14,18-19,22-23H,15-17H2,1-4H3,(H,27,30)(H,28,31)(H,29,32)/t22-,23-/m0/s1. The Labute approximate surface area is 196 Å². The zero-order chi connectivity index (χ0) is 24.2. The summed E-state index contributed by atoms with van der Waals surface area (Å²) < 4.78 is 5.28. The van der Waals surface area contributed by atoms with Gasteiger partial charge < -0.3 is 20.7 Å². The Hall–Kier alpha value is -3.35. The summed E-state index contributed by atoms with van der Waals surface area (Å²) in [6.45, 7) is 8.01. The maximum atomic E-state index is 13.1. The van der Waals surface area contributed by atoms with Crippen LogP contribution in [0.5, 0.6) is 0 Å². The summed E-state index contributed by atoms with van der Waals surface area (Å²) in [7, 11) is 0. The van der Waals surface area contributed by atoms with Crippen LogP contribution in [0.2, 0.25) is 0 Å². The number of alkyl carbamates (subject to hydrolysis) is 1. The van der Waals surface area contributed by atoms with E-state index in [0.29, 0.717) is 18.5 Å². The van der Waals surface area contributed by atoms with Crippen LogP contribution in [0.25, 0.3) is 0 Å². The van der Waals surface area contributed by atoms with Gasteiger partial charge >= 0.3 is 6.09 Å². The largest absolute Gasteiger partial charge is 0.445 e. The van der Waals surface area contributed by atoms with Crippen molar-refractivity contribution in [3.63, 3.8) is 0 Å². The molecule has 0 unspecified atom stereocenters. The number of hydrogen-bond donors (Lipinski definition) is 3. The van der Waals surface area contributed by atoms with Crippen molar-refractivity contribution in [3.8, 4) is 0 Å². The molecule has 3 amide bonds. The van der Waals surface area contributed by atoms with Crippen LogP contribution < -0.4 is 16.0 Å². The van der Waals surface area contributed by atoms with E-state index in [0.717, 1.165) is 5.56 Å². The summed E-state index contributed by atoms with van der Waals surface area (Å²) in [5.41, 5.74) is 1.51. The van der Waals surface area contributed by atoms with Crippen molar-refractivity contribution in [1.29, 1.82) is 0 Å². The van der Waals surface area contributed by atoms with E-state index < -0.39 is 24.1 Å². The van der Waals surface area contributed by atoms with E-state index in [2.05, 4.69) is 16.0 Å². The minimum absolute atomic E-state index is 0.109. The van der Waals surface area contributed by atoms with Gasteiger partial charge in [0.05, 0.1) is 0 Å². The van der Waals surface area contributed by atoms with E-state index in [1.54, 1.807) is 12.1 Å². The Morgan fingerprint density at radius 1 is 0.727 bits per heavy atom. The molecular formula is C26H35N3O4. The van der Waals surface area contributed by atoms with Gasteiger partial charge in [-0.3, -0.25) is 9.59 Å². The molecule has 7 heteroatoms. The van der Waals surface area contributed by atoms with E-state index in [9.17, 15) is 14.4 Å². The van der Waals surface area contributed by atoms with Crippen LogP contribution in [-0.4, -0.2) is 30.0 Å². The highest BCUT2D eigenvalue weighted by atomic mass is 16.5. The molecule has 3 N–H and O–H groups in total. The Kier molecular flexibility index (Phi) is 10.4. The minimum Gasteiger partial charge on any atom is -0.445 e. The van der Waals surface area contributed by atoms with Gasteiger partial charge in [-0.1, -0.05) is 76.2 Å². The number of anilines is 1. The van der Waals surface area contributed by atoms with E-state index in [1.807, 2.05) is 76.2 Å². The third-order valence-corrected chi connectivity index (χ3v) is 4.91. The average Bonchev–Trinajstić information content (AvgIpc) is 2.77. The number of para-hydroxylation sites is 1. The molecule has 0 aromatic heterocycles. The Bertz CT molecular complexity index is 885. The molecule has 7 nitrogen and oxygen atoms in total. The van der Waals surface area contributed by atoms with Gasteiger partial charge in [0.1, 0.15) is 18.7 Å². The molecule has 0 aliphatic carbocycles. The lowest BCUT2D eigenvalue weighted by molar-refractivity contribution is -0.128. The normalized spacial score (nSPS) is 12.7. The first kappa shape index (κ1) is 25.9. The summed E-state index contributed by atoms with van der Waals surface area (Å²) in [6, 6.07) is 16.9. The molecule has 178 valence electrons.